The van der Waals surface area contributed by atoms with E-state index in [1.807, 2.05) is 12.3 Å². The molecule has 1 saturated heterocycles. The lowest BCUT2D eigenvalue weighted by atomic mass is 9.91. The first kappa shape index (κ1) is 15.8. The molecule has 5 nitrogen and oxygen atoms in total. The Morgan fingerprint density at radius 1 is 1.60 bits per heavy atom. The maximum Gasteiger partial charge on any atom is 0.230 e. The van der Waals surface area contributed by atoms with Crippen molar-refractivity contribution in [1.82, 2.24) is 10.3 Å². The monoisotopic (exact) mass is 316 g/mol. The number of nitrogens with zero attached hydrogens (tertiary/aromatic N) is 1. The number of hydrogen-bond acceptors (Lipinski definition) is 6. The average molecular weight is 316 g/mol. The summed E-state index contributed by atoms with van der Waals surface area (Å²) in [6.07, 6.45) is 1.34. The highest BCUT2D eigenvalue weighted by atomic mass is 32.2. The smallest absolute Gasteiger partial charge is 0.230 e. The van der Waals surface area contributed by atoms with Crippen LogP contribution in [-0.4, -0.2) is 47.1 Å². The maximum atomic E-state index is 12.0. The van der Waals surface area contributed by atoms with E-state index in [0.717, 1.165) is 16.5 Å². The van der Waals surface area contributed by atoms with Crippen molar-refractivity contribution in [3.63, 3.8) is 0 Å². The van der Waals surface area contributed by atoms with E-state index in [9.17, 15) is 9.90 Å². The van der Waals surface area contributed by atoms with Crippen LogP contribution in [0.1, 0.15) is 23.5 Å². The van der Waals surface area contributed by atoms with Gasteiger partial charge in [-0.3, -0.25) is 4.79 Å². The van der Waals surface area contributed by atoms with Gasteiger partial charge in [-0.25, -0.2) is 4.98 Å². The normalized spacial score (nSPS) is 17.9. The molecular formula is C13H20N2O3S2. The molecule has 0 bridgehead atoms. The summed E-state index contributed by atoms with van der Waals surface area (Å²) in [5.41, 5.74) is 0.529. The summed E-state index contributed by atoms with van der Waals surface area (Å²) in [6.45, 7) is 3.12. The fourth-order valence-electron chi connectivity index (χ4n) is 2.14. The molecule has 1 aromatic rings. The van der Waals surface area contributed by atoms with Gasteiger partial charge in [0.1, 0.15) is 0 Å². The molecule has 1 aromatic heterocycles. The van der Waals surface area contributed by atoms with Crippen molar-refractivity contribution in [3.05, 3.63) is 16.1 Å². The third-order valence-electron chi connectivity index (χ3n) is 3.31. The van der Waals surface area contributed by atoms with Crippen LogP contribution < -0.4 is 5.32 Å². The minimum absolute atomic E-state index is 0.0297. The Bertz CT molecular complexity index is 445. The highest BCUT2D eigenvalue weighted by Gasteiger charge is 2.33. The third kappa shape index (κ3) is 4.44. The van der Waals surface area contributed by atoms with Gasteiger partial charge >= 0.3 is 0 Å². The zero-order valence-corrected chi connectivity index (χ0v) is 13.2. The van der Waals surface area contributed by atoms with Crippen LogP contribution in [0.2, 0.25) is 0 Å². The first-order valence-electron chi connectivity index (χ1n) is 6.62. The molecule has 0 unspecified atom stereocenters. The van der Waals surface area contributed by atoms with E-state index in [4.69, 9.17) is 4.74 Å². The van der Waals surface area contributed by atoms with Gasteiger partial charge in [-0.15, -0.1) is 23.1 Å². The number of rotatable bonds is 6. The van der Waals surface area contributed by atoms with Gasteiger partial charge in [-0.05, 0) is 19.8 Å². The van der Waals surface area contributed by atoms with E-state index in [-0.39, 0.29) is 12.5 Å². The summed E-state index contributed by atoms with van der Waals surface area (Å²) in [7, 11) is 0. The Hall–Kier alpha value is -0.630. The fraction of sp³-hybridized carbons (Fsp3) is 0.692. The number of carbonyl (C=O) groups excluding carboxylic acids is 1. The summed E-state index contributed by atoms with van der Waals surface area (Å²) >= 11 is 3.17. The molecule has 0 aliphatic carbocycles. The van der Waals surface area contributed by atoms with Gasteiger partial charge in [-0.1, -0.05) is 0 Å². The van der Waals surface area contributed by atoms with E-state index in [1.165, 1.54) is 0 Å². The molecule has 1 aliphatic heterocycles. The van der Waals surface area contributed by atoms with Crippen LogP contribution in [0.3, 0.4) is 0 Å². The Morgan fingerprint density at radius 3 is 2.95 bits per heavy atom. The molecule has 1 amide bonds. The molecule has 2 rings (SSSR count). The number of nitrogens with one attached hydrogen (secondary N) is 1. The van der Waals surface area contributed by atoms with Crippen molar-refractivity contribution < 1.29 is 14.6 Å². The van der Waals surface area contributed by atoms with Crippen LogP contribution in [0.4, 0.5) is 0 Å². The van der Waals surface area contributed by atoms with Crippen molar-refractivity contribution in [2.24, 2.45) is 0 Å². The number of carbonyl (C=O) groups is 1. The van der Waals surface area contributed by atoms with Crippen LogP contribution in [0.5, 0.6) is 0 Å². The van der Waals surface area contributed by atoms with Crippen LogP contribution >= 0.6 is 23.1 Å². The lowest BCUT2D eigenvalue weighted by molar-refractivity contribution is -0.122. The van der Waals surface area contributed by atoms with Gasteiger partial charge in [0.2, 0.25) is 5.91 Å². The van der Waals surface area contributed by atoms with E-state index in [2.05, 4.69) is 10.3 Å². The summed E-state index contributed by atoms with van der Waals surface area (Å²) in [4.78, 5) is 16.3. The highest BCUT2D eigenvalue weighted by Crippen LogP contribution is 2.21. The molecule has 20 heavy (non-hydrogen) atoms. The molecule has 1 fully saturated rings. The molecule has 1 aliphatic rings. The largest absolute Gasteiger partial charge is 0.394 e. The molecule has 0 radical (unpaired) electrons. The van der Waals surface area contributed by atoms with Gasteiger partial charge < -0.3 is 15.2 Å². The van der Waals surface area contributed by atoms with Crippen molar-refractivity contribution in [2.45, 2.75) is 31.1 Å². The lowest BCUT2D eigenvalue weighted by Crippen LogP contribution is -2.55. The molecule has 0 spiro atoms. The minimum Gasteiger partial charge on any atom is -0.394 e. The average Bonchev–Trinajstić information content (AvgIpc) is 2.85. The number of aliphatic hydroxyl groups excluding tert-OH is 1. The zero-order chi connectivity index (χ0) is 14.4. The number of aryl methyl sites for hydroxylation is 1. The Balaban J connectivity index is 1.74. The van der Waals surface area contributed by atoms with Crippen molar-refractivity contribution in [3.8, 4) is 0 Å². The van der Waals surface area contributed by atoms with E-state index in [0.29, 0.717) is 31.8 Å². The van der Waals surface area contributed by atoms with Gasteiger partial charge in [0.05, 0.1) is 28.6 Å². The number of thioether (sulfide) groups is 1. The highest BCUT2D eigenvalue weighted by molar-refractivity contribution is 7.99. The summed E-state index contributed by atoms with van der Waals surface area (Å²) in [5.74, 6) is 1.10. The maximum absolute atomic E-state index is 12.0. The predicted molar refractivity (Wildman–Crippen MR) is 81.0 cm³/mol. The Kier molecular flexibility index (Phi) is 5.83. The second-order valence-electron chi connectivity index (χ2n) is 4.95. The quantitative estimate of drug-likeness (QED) is 0.829. The number of hydrogen-bond donors (Lipinski definition) is 2. The predicted octanol–water partition coefficient (Wildman–Crippen LogP) is 1.34. The molecule has 2 heterocycles. The number of thiazole rings is 1. The summed E-state index contributed by atoms with van der Waals surface area (Å²) in [6, 6.07) is 0. The molecule has 2 N–H and O–H groups in total. The van der Waals surface area contributed by atoms with Gasteiger partial charge in [0.15, 0.2) is 0 Å². The van der Waals surface area contributed by atoms with E-state index < -0.39 is 5.54 Å². The molecular weight excluding hydrogens is 296 g/mol. The van der Waals surface area contributed by atoms with Gasteiger partial charge in [0.25, 0.3) is 0 Å². The zero-order valence-electron chi connectivity index (χ0n) is 11.6. The van der Waals surface area contributed by atoms with Crippen LogP contribution in [-0.2, 0) is 15.3 Å². The first-order chi connectivity index (χ1) is 9.63. The lowest BCUT2D eigenvalue weighted by Gasteiger charge is -2.36. The van der Waals surface area contributed by atoms with Crippen molar-refractivity contribution in [1.29, 1.82) is 0 Å². The molecule has 0 aromatic carbocycles. The number of aromatic nitrogens is 1. The Morgan fingerprint density at radius 2 is 2.35 bits per heavy atom. The standard InChI is InChI=1S/C13H20N2O3S2/c1-10-14-11(7-20-10)6-19-8-12(17)15-13(9-16)2-4-18-5-3-13/h7,16H,2-6,8-9H2,1H3,(H,15,17). The van der Waals surface area contributed by atoms with Gasteiger partial charge in [0, 0.05) is 24.3 Å². The second kappa shape index (κ2) is 7.40. The van der Waals surface area contributed by atoms with Crippen molar-refractivity contribution in [2.75, 3.05) is 25.6 Å². The SMILES string of the molecule is Cc1nc(CSCC(=O)NC2(CO)CCOCC2)cs1. The van der Waals surface area contributed by atoms with Crippen LogP contribution in [0, 0.1) is 6.92 Å². The van der Waals surface area contributed by atoms with Crippen LogP contribution in [0.15, 0.2) is 5.38 Å². The molecule has 0 atom stereocenters. The topological polar surface area (TPSA) is 71.5 Å². The number of ether oxygens (including phenoxy) is 1. The summed E-state index contributed by atoms with van der Waals surface area (Å²) in [5, 5.41) is 15.5. The molecule has 0 saturated carbocycles. The molecule has 112 valence electrons. The Labute approximate surface area is 127 Å². The van der Waals surface area contributed by atoms with Crippen molar-refractivity contribution >= 4 is 29.0 Å². The fourth-order valence-corrected chi connectivity index (χ4v) is 3.57. The van der Waals surface area contributed by atoms with E-state index >= 15 is 0 Å². The van der Waals surface area contributed by atoms with E-state index in [1.54, 1.807) is 23.1 Å². The number of aliphatic hydroxyl groups is 1. The summed E-state index contributed by atoms with van der Waals surface area (Å²) < 4.78 is 5.27. The van der Waals surface area contributed by atoms with Crippen LogP contribution in [0.25, 0.3) is 0 Å². The van der Waals surface area contributed by atoms with Gasteiger partial charge in [-0.2, -0.15) is 0 Å². The number of amides is 1. The second-order valence-corrected chi connectivity index (χ2v) is 7.00. The molecule has 7 heteroatoms. The minimum atomic E-state index is -0.493. The first-order valence-corrected chi connectivity index (χ1v) is 8.65. The third-order valence-corrected chi connectivity index (χ3v) is 5.10.